The summed E-state index contributed by atoms with van der Waals surface area (Å²) in [4.78, 5) is 22.3. The smallest absolute Gasteiger partial charge is 0.261 e. The molecule has 0 radical (unpaired) electrons. The minimum Gasteiger partial charge on any atom is -0.484 e. The molecule has 0 atom stereocenters. The van der Waals surface area contributed by atoms with Crippen LogP contribution in [0.1, 0.15) is 10.4 Å². The van der Waals surface area contributed by atoms with Crippen molar-refractivity contribution in [2.45, 2.75) is 4.90 Å². The second-order valence-electron chi connectivity index (χ2n) is 4.98. The van der Waals surface area contributed by atoms with Crippen LogP contribution in [0, 0.1) is 0 Å². The highest BCUT2D eigenvalue weighted by molar-refractivity contribution is 7.92. The van der Waals surface area contributed by atoms with E-state index in [0.29, 0.717) is 5.75 Å². The summed E-state index contributed by atoms with van der Waals surface area (Å²) in [5, 5.41) is 2.41. The number of anilines is 1. The second kappa shape index (κ2) is 7.67. The van der Waals surface area contributed by atoms with E-state index >= 15 is 0 Å². The molecular formula is C16H17N3O5S. The lowest BCUT2D eigenvalue weighted by Crippen LogP contribution is -2.24. The average molecular weight is 363 g/mol. The van der Waals surface area contributed by atoms with Crippen LogP contribution in [-0.4, -0.2) is 33.9 Å². The summed E-state index contributed by atoms with van der Waals surface area (Å²) < 4.78 is 32.3. The summed E-state index contributed by atoms with van der Waals surface area (Å²) in [5.41, 5.74) is 5.59. The van der Waals surface area contributed by atoms with Crippen LogP contribution in [-0.2, 0) is 14.8 Å². The first-order valence-electron chi connectivity index (χ1n) is 7.18. The molecule has 0 aromatic heterocycles. The number of sulfonamides is 1. The fraction of sp³-hybridized carbons (Fsp3) is 0.125. The number of nitrogens with one attached hydrogen (secondary N) is 2. The number of primary amides is 1. The lowest BCUT2D eigenvalue weighted by Gasteiger charge is -2.10. The van der Waals surface area contributed by atoms with Crippen molar-refractivity contribution in [3.8, 4) is 5.75 Å². The topological polar surface area (TPSA) is 128 Å². The summed E-state index contributed by atoms with van der Waals surface area (Å²) in [6.45, 7) is -0.166. The summed E-state index contributed by atoms with van der Waals surface area (Å²) in [7, 11) is -2.36. The van der Waals surface area contributed by atoms with Gasteiger partial charge in [0, 0.05) is 18.3 Å². The van der Waals surface area contributed by atoms with Crippen molar-refractivity contribution in [1.29, 1.82) is 0 Å². The van der Waals surface area contributed by atoms with Gasteiger partial charge in [-0.1, -0.05) is 6.07 Å². The van der Waals surface area contributed by atoms with Crippen LogP contribution in [0.3, 0.4) is 0 Å². The van der Waals surface area contributed by atoms with E-state index in [1.807, 2.05) is 0 Å². The van der Waals surface area contributed by atoms with Crippen LogP contribution in [0.15, 0.2) is 53.4 Å². The number of amides is 2. The molecular weight excluding hydrogens is 346 g/mol. The van der Waals surface area contributed by atoms with Gasteiger partial charge in [0.15, 0.2) is 6.61 Å². The molecule has 2 aromatic carbocycles. The maximum Gasteiger partial charge on any atom is 0.261 e. The number of rotatable bonds is 7. The van der Waals surface area contributed by atoms with E-state index < -0.39 is 15.9 Å². The minimum atomic E-state index is -3.85. The molecule has 9 heteroatoms. The van der Waals surface area contributed by atoms with Gasteiger partial charge in [0.2, 0.25) is 5.91 Å². The number of benzene rings is 2. The molecule has 0 aliphatic heterocycles. The van der Waals surface area contributed by atoms with Gasteiger partial charge in [-0.25, -0.2) is 8.42 Å². The summed E-state index contributed by atoms with van der Waals surface area (Å²) >= 11 is 0. The monoisotopic (exact) mass is 363 g/mol. The van der Waals surface area contributed by atoms with Crippen molar-refractivity contribution in [1.82, 2.24) is 5.32 Å². The van der Waals surface area contributed by atoms with Crippen LogP contribution in [0.25, 0.3) is 0 Å². The quantitative estimate of drug-likeness (QED) is 0.667. The normalized spacial score (nSPS) is 10.8. The predicted molar refractivity (Wildman–Crippen MR) is 91.8 cm³/mol. The van der Waals surface area contributed by atoms with E-state index in [1.165, 1.54) is 55.6 Å². The Morgan fingerprint density at radius 2 is 1.80 bits per heavy atom. The van der Waals surface area contributed by atoms with Gasteiger partial charge in [0.05, 0.1) is 4.90 Å². The molecule has 0 aliphatic rings. The molecule has 0 fully saturated rings. The third-order valence-electron chi connectivity index (χ3n) is 3.18. The predicted octanol–water partition coefficient (Wildman–Crippen LogP) is 0.711. The lowest BCUT2D eigenvalue weighted by atomic mass is 10.2. The van der Waals surface area contributed by atoms with Gasteiger partial charge < -0.3 is 15.8 Å². The zero-order valence-corrected chi connectivity index (χ0v) is 14.2. The second-order valence-corrected chi connectivity index (χ2v) is 6.67. The Hall–Kier alpha value is -3.07. The molecule has 132 valence electrons. The van der Waals surface area contributed by atoms with Gasteiger partial charge >= 0.3 is 0 Å². The molecule has 0 bridgehead atoms. The van der Waals surface area contributed by atoms with E-state index in [0.717, 1.165) is 0 Å². The number of ether oxygens (including phenoxy) is 1. The first kappa shape index (κ1) is 18.3. The Kier molecular flexibility index (Phi) is 5.60. The SMILES string of the molecule is CNC(=O)COc1ccc(S(=O)(=O)Nc2cccc(C(N)=O)c2)cc1. The largest absolute Gasteiger partial charge is 0.484 e. The van der Waals surface area contributed by atoms with Gasteiger partial charge in [-0.2, -0.15) is 0 Å². The maximum absolute atomic E-state index is 12.4. The van der Waals surface area contributed by atoms with Crippen LogP contribution in [0.2, 0.25) is 0 Å². The number of hydrogen-bond acceptors (Lipinski definition) is 5. The molecule has 0 heterocycles. The third kappa shape index (κ3) is 4.95. The Morgan fingerprint density at radius 3 is 2.40 bits per heavy atom. The molecule has 4 N–H and O–H groups in total. The fourth-order valence-corrected chi connectivity index (χ4v) is 2.94. The van der Waals surface area contributed by atoms with E-state index in [9.17, 15) is 18.0 Å². The fourth-order valence-electron chi connectivity index (χ4n) is 1.89. The van der Waals surface area contributed by atoms with Crippen LogP contribution in [0.5, 0.6) is 5.75 Å². The first-order chi connectivity index (χ1) is 11.8. The minimum absolute atomic E-state index is 0.00395. The van der Waals surface area contributed by atoms with Crippen molar-refractivity contribution in [2.24, 2.45) is 5.73 Å². The lowest BCUT2D eigenvalue weighted by molar-refractivity contribution is -0.122. The van der Waals surface area contributed by atoms with E-state index in [-0.39, 0.29) is 28.7 Å². The number of hydrogen-bond donors (Lipinski definition) is 3. The maximum atomic E-state index is 12.4. The van der Waals surface area contributed by atoms with Crippen LogP contribution >= 0.6 is 0 Å². The summed E-state index contributed by atoms with van der Waals surface area (Å²) in [5.74, 6) is -0.593. The average Bonchev–Trinajstić information content (AvgIpc) is 2.59. The molecule has 0 saturated heterocycles. The zero-order chi connectivity index (χ0) is 18.4. The van der Waals surface area contributed by atoms with Crippen molar-refractivity contribution >= 4 is 27.5 Å². The van der Waals surface area contributed by atoms with Gasteiger partial charge in [-0.15, -0.1) is 0 Å². The van der Waals surface area contributed by atoms with Gasteiger partial charge in [0.1, 0.15) is 5.75 Å². The molecule has 2 amide bonds. The van der Waals surface area contributed by atoms with Crippen LogP contribution in [0.4, 0.5) is 5.69 Å². The Morgan fingerprint density at radius 1 is 1.12 bits per heavy atom. The van der Waals surface area contributed by atoms with Crippen LogP contribution < -0.4 is 20.5 Å². The number of nitrogens with two attached hydrogens (primary N) is 1. The summed E-state index contributed by atoms with van der Waals surface area (Å²) in [6.07, 6.45) is 0. The molecule has 0 unspecified atom stereocenters. The van der Waals surface area contributed by atoms with Gasteiger partial charge in [-0.3, -0.25) is 14.3 Å². The van der Waals surface area contributed by atoms with E-state index in [1.54, 1.807) is 0 Å². The standard InChI is InChI=1S/C16H17N3O5S/c1-18-15(20)10-24-13-5-7-14(8-6-13)25(22,23)19-12-4-2-3-11(9-12)16(17)21/h2-9,19H,10H2,1H3,(H2,17,21)(H,18,20). The molecule has 0 aliphatic carbocycles. The molecule has 8 nitrogen and oxygen atoms in total. The molecule has 0 spiro atoms. The van der Waals surface area contributed by atoms with Gasteiger partial charge in [0.25, 0.3) is 15.9 Å². The Balaban J connectivity index is 2.12. The number of likely N-dealkylation sites (N-methyl/N-ethyl adjacent to an activating group) is 1. The van der Waals surface area contributed by atoms with Crippen molar-refractivity contribution in [3.05, 3.63) is 54.1 Å². The highest BCUT2D eigenvalue weighted by Gasteiger charge is 2.15. The summed E-state index contributed by atoms with van der Waals surface area (Å²) in [6, 6.07) is 11.4. The Bertz CT molecular complexity index is 879. The highest BCUT2D eigenvalue weighted by Crippen LogP contribution is 2.20. The molecule has 2 rings (SSSR count). The van der Waals surface area contributed by atoms with E-state index in [4.69, 9.17) is 10.5 Å². The first-order valence-corrected chi connectivity index (χ1v) is 8.66. The zero-order valence-electron chi connectivity index (χ0n) is 13.4. The Labute approximate surface area is 145 Å². The van der Waals surface area contributed by atoms with Gasteiger partial charge in [-0.05, 0) is 42.5 Å². The molecule has 0 saturated carbocycles. The number of carbonyl (C=O) groups excluding carboxylic acids is 2. The molecule has 2 aromatic rings. The highest BCUT2D eigenvalue weighted by atomic mass is 32.2. The number of carbonyl (C=O) groups is 2. The van der Waals surface area contributed by atoms with Crippen molar-refractivity contribution < 1.29 is 22.7 Å². The molecule has 25 heavy (non-hydrogen) atoms. The third-order valence-corrected chi connectivity index (χ3v) is 4.58. The van der Waals surface area contributed by atoms with Crippen molar-refractivity contribution in [2.75, 3.05) is 18.4 Å². The van der Waals surface area contributed by atoms with Crippen molar-refractivity contribution in [3.63, 3.8) is 0 Å². The van der Waals surface area contributed by atoms with E-state index in [2.05, 4.69) is 10.0 Å².